The number of aryl methyl sites for hydroxylation is 1. The van der Waals surface area contributed by atoms with Crippen molar-refractivity contribution in [2.75, 3.05) is 39.9 Å². The number of hydrogen-bond donors (Lipinski definition) is 0. The van der Waals surface area contributed by atoms with Gasteiger partial charge in [-0.1, -0.05) is 5.16 Å². The van der Waals surface area contributed by atoms with Crippen molar-refractivity contribution in [1.82, 2.24) is 19.9 Å². The molecule has 0 aromatic carbocycles. The monoisotopic (exact) mass is 348 g/mol. The smallest absolute Gasteiger partial charge is 0.248 e. The summed E-state index contributed by atoms with van der Waals surface area (Å²) in [6.45, 7) is 4.30. The fourth-order valence-corrected chi connectivity index (χ4v) is 4.08. The van der Waals surface area contributed by atoms with E-state index in [9.17, 15) is 9.59 Å². The van der Waals surface area contributed by atoms with Crippen LogP contribution in [0, 0.1) is 18.3 Å². The zero-order valence-electron chi connectivity index (χ0n) is 14.7. The predicted octanol–water partition coefficient (Wildman–Crippen LogP) is 0.579. The topological polar surface area (TPSA) is 88.8 Å². The van der Waals surface area contributed by atoms with Gasteiger partial charge in [0.1, 0.15) is 6.61 Å². The van der Waals surface area contributed by atoms with Crippen molar-refractivity contribution in [2.45, 2.75) is 32.1 Å². The molecule has 8 heteroatoms. The van der Waals surface area contributed by atoms with E-state index in [1.165, 1.54) is 20.0 Å². The maximum Gasteiger partial charge on any atom is 0.248 e. The number of carbonyl (C=O) groups is 2. The van der Waals surface area contributed by atoms with Gasteiger partial charge < -0.3 is 19.1 Å². The fourth-order valence-electron chi connectivity index (χ4n) is 4.08. The van der Waals surface area contributed by atoms with Crippen LogP contribution < -0.4 is 0 Å². The van der Waals surface area contributed by atoms with Gasteiger partial charge in [-0.05, 0) is 25.7 Å². The van der Waals surface area contributed by atoms with E-state index in [2.05, 4.69) is 10.1 Å². The van der Waals surface area contributed by atoms with Gasteiger partial charge in [0.15, 0.2) is 5.82 Å². The molecule has 1 atom stereocenters. The normalized spacial score (nSPS) is 24.6. The van der Waals surface area contributed by atoms with Crippen LogP contribution in [0.4, 0.5) is 0 Å². The molecule has 1 spiro atoms. The Morgan fingerprint density at radius 1 is 1.24 bits per heavy atom. The molecule has 2 amide bonds. The second-order valence-electron chi connectivity index (χ2n) is 7.70. The number of hydrogen-bond acceptors (Lipinski definition) is 6. The van der Waals surface area contributed by atoms with Crippen LogP contribution in [0.5, 0.6) is 0 Å². The van der Waals surface area contributed by atoms with Crippen LogP contribution in [0.15, 0.2) is 4.52 Å². The summed E-state index contributed by atoms with van der Waals surface area (Å²) in [7, 11) is 1.52. The van der Waals surface area contributed by atoms with Gasteiger partial charge in [-0.25, -0.2) is 0 Å². The van der Waals surface area contributed by atoms with Gasteiger partial charge in [0.2, 0.25) is 17.7 Å². The van der Waals surface area contributed by atoms with Crippen LogP contribution >= 0.6 is 0 Å². The first kappa shape index (κ1) is 16.5. The van der Waals surface area contributed by atoms with Crippen molar-refractivity contribution in [2.24, 2.45) is 11.3 Å². The first-order chi connectivity index (χ1) is 12.0. The van der Waals surface area contributed by atoms with Gasteiger partial charge in [-0.2, -0.15) is 4.98 Å². The second-order valence-corrected chi connectivity index (χ2v) is 7.70. The van der Waals surface area contributed by atoms with Gasteiger partial charge >= 0.3 is 0 Å². The van der Waals surface area contributed by atoms with Crippen LogP contribution in [0.25, 0.3) is 0 Å². The van der Waals surface area contributed by atoms with Crippen molar-refractivity contribution in [3.05, 3.63) is 11.7 Å². The van der Waals surface area contributed by atoms with E-state index in [0.29, 0.717) is 50.2 Å². The molecule has 1 saturated carbocycles. The Labute approximate surface area is 146 Å². The first-order valence-corrected chi connectivity index (χ1v) is 8.85. The maximum atomic E-state index is 12.4. The minimum atomic E-state index is -0.179. The molecule has 0 radical (unpaired) electrons. The zero-order valence-corrected chi connectivity index (χ0v) is 14.7. The molecule has 2 aliphatic heterocycles. The van der Waals surface area contributed by atoms with Crippen LogP contribution in [0.2, 0.25) is 0 Å². The predicted molar refractivity (Wildman–Crippen MR) is 86.6 cm³/mol. The summed E-state index contributed by atoms with van der Waals surface area (Å²) < 4.78 is 10.4. The lowest BCUT2D eigenvalue weighted by molar-refractivity contribution is -0.145. The largest absolute Gasteiger partial charge is 0.375 e. The van der Waals surface area contributed by atoms with Crippen LogP contribution in [-0.4, -0.2) is 71.7 Å². The van der Waals surface area contributed by atoms with Crippen molar-refractivity contribution in [3.63, 3.8) is 0 Å². The molecule has 0 bridgehead atoms. The number of ether oxygens (including phenoxy) is 1. The molecule has 25 heavy (non-hydrogen) atoms. The molecule has 1 aromatic rings. The average molecular weight is 348 g/mol. The maximum absolute atomic E-state index is 12.4. The van der Waals surface area contributed by atoms with Crippen LogP contribution in [0.1, 0.15) is 36.9 Å². The highest BCUT2D eigenvalue weighted by Gasteiger charge is 2.58. The third-order valence-electron chi connectivity index (χ3n) is 5.63. The lowest BCUT2D eigenvalue weighted by Gasteiger charge is -2.50. The standard InChI is InChI=1S/C17H24N4O4/c1-11-18-16(25-19-11)13-6-20(15(23)7-24-2)8-17(13)9-21(10-17)14(22)5-12-3-4-12/h12-13H,3-10H2,1-2H3. The van der Waals surface area contributed by atoms with Gasteiger partial charge in [0.25, 0.3) is 0 Å². The van der Waals surface area contributed by atoms with E-state index in [1.54, 1.807) is 11.8 Å². The lowest BCUT2D eigenvalue weighted by atomic mass is 9.71. The molecule has 1 aliphatic carbocycles. The number of likely N-dealkylation sites (tertiary alicyclic amines) is 2. The number of carbonyl (C=O) groups excluding carboxylic acids is 2. The average Bonchev–Trinajstić information content (AvgIpc) is 3.09. The lowest BCUT2D eigenvalue weighted by Crippen LogP contribution is -2.61. The summed E-state index contributed by atoms with van der Waals surface area (Å²) in [6, 6.07) is 0. The Morgan fingerprint density at radius 3 is 2.56 bits per heavy atom. The minimum Gasteiger partial charge on any atom is -0.375 e. The molecule has 3 heterocycles. The molecule has 0 N–H and O–H groups in total. The molecule has 4 rings (SSSR count). The van der Waals surface area contributed by atoms with E-state index >= 15 is 0 Å². The molecule has 1 aromatic heterocycles. The third-order valence-corrected chi connectivity index (χ3v) is 5.63. The molecular formula is C17H24N4O4. The number of aromatic nitrogens is 2. The zero-order chi connectivity index (χ0) is 17.6. The summed E-state index contributed by atoms with van der Waals surface area (Å²) >= 11 is 0. The third kappa shape index (κ3) is 3.03. The van der Waals surface area contributed by atoms with Crippen molar-refractivity contribution >= 4 is 11.8 Å². The summed E-state index contributed by atoms with van der Waals surface area (Å²) in [6.07, 6.45) is 3.01. The van der Waals surface area contributed by atoms with E-state index in [4.69, 9.17) is 9.26 Å². The van der Waals surface area contributed by atoms with Gasteiger partial charge in [0.05, 0.1) is 5.92 Å². The molecule has 2 saturated heterocycles. The highest BCUT2D eigenvalue weighted by molar-refractivity contribution is 5.79. The van der Waals surface area contributed by atoms with Crippen molar-refractivity contribution in [1.29, 1.82) is 0 Å². The molecular weight excluding hydrogens is 324 g/mol. The Kier molecular flexibility index (Phi) is 4.02. The summed E-state index contributed by atoms with van der Waals surface area (Å²) in [4.78, 5) is 32.7. The second kappa shape index (κ2) is 6.09. The Hall–Kier alpha value is -1.96. The Balaban J connectivity index is 1.49. The number of rotatable bonds is 5. The summed E-state index contributed by atoms with van der Waals surface area (Å²) in [5, 5.41) is 3.90. The summed E-state index contributed by atoms with van der Waals surface area (Å²) in [5.74, 6) is 1.91. The van der Waals surface area contributed by atoms with E-state index in [0.717, 1.165) is 0 Å². The van der Waals surface area contributed by atoms with Crippen LogP contribution in [-0.2, 0) is 14.3 Å². The number of methoxy groups -OCH3 is 1. The van der Waals surface area contributed by atoms with Gasteiger partial charge in [-0.3, -0.25) is 9.59 Å². The first-order valence-electron chi connectivity index (χ1n) is 8.85. The molecule has 1 unspecified atom stereocenters. The van der Waals surface area contributed by atoms with Gasteiger partial charge in [-0.15, -0.1) is 0 Å². The highest BCUT2D eigenvalue weighted by Crippen LogP contribution is 2.49. The van der Waals surface area contributed by atoms with Crippen LogP contribution in [0.3, 0.4) is 0 Å². The van der Waals surface area contributed by atoms with Gasteiger partial charge in [0, 0.05) is 45.1 Å². The van der Waals surface area contributed by atoms with E-state index in [-0.39, 0.29) is 29.8 Å². The quantitative estimate of drug-likeness (QED) is 0.773. The number of nitrogens with zero attached hydrogens (tertiary/aromatic N) is 4. The molecule has 3 fully saturated rings. The highest BCUT2D eigenvalue weighted by atomic mass is 16.5. The molecule has 8 nitrogen and oxygen atoms in total. The molecule has 136 valence electrons. The minimum absolute atomic E-state index is 0.0283. The van der Waals surface area contributed by atoms with Crippen molar-refractivity contribution < 1.29 is 18.8 Å². The number of amides is 2. The van der Waals surface area contributed by atoms with E-state index < -0.39 is 0 Å². The van der Waals surface area contributed by atoms with E-state index in [1.807, 2.05) is 4.90 Å². The Bertz CT molecular complexity index is 678. The summed E-state index contributed by atoms with van der Waals surface area (Å²) in [5.41, 5.74) is -0.179. The Morgan fingerprint density at radius 2 is 1.96 bits per heavy atom. The fraction of sp³-hybridized carbons (Fsp3) is 0.765. The SMILES string of the molecule is COCC(=O)N1CC(c2nc(C)no2)C2(C1)CN(C(=O)CC1CC1)C2. The van der Waals surface area contributed by atoms with Crippen molar-refractivity contribution in [3.8, 4) is 0 Å². The molecule has 3 aliphatic rings.